The molecule has 1 fully saturated rings. The Hall–Kier alpha value is -4.27. The first kappa shape index (κ1) is 22.5. The number of imide groups is 1. The number of aromatic nitrogens is 1. The molecule has 3 heterocycles. The van der Waals surface area contributed by atoms with Crippen LogP contribution in [0, 0.1) is 13.8 Å². The van der Waals surface area contributed by atoms with Crippen molar-refractivity contribution in [2.45, 2.75) is 26.3 Å². The second-order valence-corrected chi connectivity index (χ2v) is 8.76. The van der Waals surface area contributed by atoms with Crippen LogP contribution in [-0.4, -0.2) is 47.6 Å². The summed E-state index contributed by atoms with van der Waals surface area (Å²) in [6.07, 6.45) is 0. The molecule has 0 unspecified atom stereocenters. The maximum absolute atomic E-state index is 13.3. The molecule has 2 aliphatic rings. The highest BCUT2D eigenvalue weighted by molar-refractivity contribution is 6.11. The number of benzene rings is 2. The molecule has 180 valence electrons. The smallest absolute Gasteiger partial charge is 0.325 e. The van der Waals surface area contributed by atoms with E-state index in [1.54, 1.807) is 38.3 Å². The molecule has 1 atom stereocenters. The average molecular weight is 476 g/mol. The van der Waals surface area contributed by atoms with Crippen molar-refractivity contribution in [1.29, 1.82) is 0 Å². The molecule has 9 nitrogen and oxygen atoms in total. The number of ketones is 1. The molecule has 3 aromatic rings. The molecule has 1 N–H and O–H groups in total. The third-order valence-corrected chi connectivity index (χ3v) is 6.59. The first-order valence-electron chi connectivity index (χ1n) is 11.1. The highest BCUT2D eigenvalue weighted by Gasteiger charge is 2.50. The van der Waals surface area contributed by atoms with Crippen LogP contribution in [-0.2, 0) is 10.3 Å². The summed E-state index contributed by atoms with van der Waals surface area (Å²) in [6, 6.07) is 13.7. The number of hydrogen-bond donors (Lipinski definition) is 1. The van der Waals surface area contributed by atoms with Gasteiger partial charge in [0.1, 0.15) is 11.3 Å². The van der Waals surface area contributed by atoms with Crippen LogP contribution >= 0.6 is 0 Å². The molecule has 2 aromatic carbocycles. The molecule has 0 spiro atoms. The van der Waals surface area contributed by atoms with Gasteiger partial charge in [-0.15, -0.1) is 0 Å². The lowest BCUT2D eigenvalue weighted by Crippen LogP contribution is -2.41. The minimum Gasteiger partial charge on any atom is -0.497 e. The number of amides is 3. The topological polar surface area (TPSA) is 99.1 Å². The molecule has 9 heteroatoms. The number of nitrogens with zero attached hydrogens (tertiary/aromatic N) is 2. The Morgan fingerprint density at radius 1 is 1.06 bits per heavy atom. The molecule has 0 bridgehead atoms. The van der Waals surface area contributed by atoms with Crippen LogP contribution < -0.4 is 19.5 Å². The summed E-state index contributed by atoms with van der Waals surface area (Å²) in [5.74, 6) is 0.992. The van der Waals surface area contributed by atoms with Crippen LogP contribution in [0.5, 0.6) is 17.2 Å². The van der Waals surface area contributed by atoms with E-state index in [2.05, 4.69) is 5.32 Å². The first-order chi connectivity index (χ1) is 16.7. The highest BCUT2D eigenvalue weighted by atomic mass is 16.7. The summed E-state index contributed by atoms with van der Waals surface area (Å²) >= 11 is 0. The van der Waals surface area contributed by atoms with Gasteiger partial charge in [-0.1, -0.05) is 6.07 Å². The lowest BCUT2D eigenvalue weighted by molar-refractivity contribution is -0.130. The van der Waals surface area contributed by atoms with Gasteiger partial charge in [0, 0.05) is 22.6 Å². The number of nitrogens with one attached hydrogen (secondary N) is 1. The second-order valence-electron chi connectivity index (χ2n) is 8.76. The van der Waals surface area contributed by atoms with Gasteiger partial charge in [-0.25, -0.2) is 4.79 Å². The zero-order valence-electron chi connectivity index (χ0n) is 19.9. The van der Waals surface area contributed by atoms with Gasteiger partial charge in [-0.2, -0.15) is 0 Å². The summed E-state index contributed by atoms with van der Waals surface area (Å²) in [4.78, 5) is 40.4. The number of aryl methyl sites for hydroxylation is 1. The Kier molecular flexibility index (Phi) is 5.27. The largest absolute Gasteiger partial charge is 0.497 e. The van der Waals surface area contributed by atoms with E-state index in [0.29, 0.717) is 22.6 Å². The lowest BCUT2D eigenvalue weighted by atomic mass is 9.91. The number of carbonyl (C=O) groups is 3. The highest BCUT2D eigenvalue weighted by Crippen LogP contribution is 2.38. The zero-order valence-corrected chi connectivity index (χ0v) is 19.9. The van der Waals surface area contributed by atoms with E-state index >= 15 is 0 Å². The summed E-state index contributed by atoms with van der Waals surface area (Å²) < 4.78 is 17.9. The fourth-order valence-corrected chi connectivity index (χ4v) is 4.65. The summed E-state index contributed by atoms with van der Waals surface area (Å²) in [5, 5.41) is 2.73. The SMILES string of the molecule is COc1ccc(-n2c(C)cc(C(=O)CN3C(=O)N[C@@](C)(c4ccc5c(c4)OCO5)C3=O)c2C)cc1. The number of fused-ring (bicyclic) bond motifs is 1. The van der Waals surface area contributed by atoms with Crippen LogP contribution in [0.25, 0.3) is 5.69 Å². The van der Waals surface area contributed by atoms with Gasteiger partial charge in [0.05, 0.1) is 13.7 Å². The van der Waals surface area contributed by atoms with Crippen molar-refractivity contribution >= 4 is 17.7 Å². The fourth-order valence-electron chi connectivity index (χ4n) is 4.65. The van der Waals surface area contributed by atoms with Gasteiger partial charge < -0.3 is 24.1 Å². The van der Waals surface area contributed by atoms with Crippen LogP contribution in [0.3, 0.4) is 0 Å². The maximum Gasteiger partial charge on any atom is 0.325 e. The summed E-state index contributed by atoms with van der Waals surface area (Å²) in [5.41, 5.74) is 2.15. The molecule has 0 radical (unpaired) electrons. The predicted molar refractivity (Wildman–Crippen MR) is 126 cm³/mol. The van der Waals surface area contributed by atoms with E-state index in [1.165, 1.54) is 0 Å². The molecule has 1 saturated heterocycles. The second kappa shape index (κ2) is 8.19. The maximum atomic E-state index is 13.3. The van der Waals surface area contributed by atoms with Gasteiger partial charge in [-0.3, -0.25) is 14.5 Å². The normalized spacial score (nSPS) is 18.7. The van der Waals surface area contributed by atoms with Crippen molar-refractivity contribution in [2.24, 2.45) is 0 Å². The van der Waals surface area contributed by atoms with E-state index in [9.17, 15) is 14.4 Å². The van der Waals surface area contributed by atoms with Gasteiger partial charge in [0.15, 0.2) is 17.3 Å². The summed E-state index contributed by atoms with van der Waals surface area (Å²) in [7, 11) is 1.60. The van der Waals surface area contributed by atoms with Crippen LogP contribution in [0.1, 0.15) is 34.2 Å². The number of urea groups is 1. The molecule has 0 saturated carbocycles. The minimum atomic E-state index is -1.32. The average Bonchev–Trinajstić information content (AvgIpc) is 3.50. The number of methoxy groups -OCH3 is 1. The fraction of sp³-hybridized carbons (Fsp3) is 0.269. The lowest BCUT2D eigenvalue weighted by Gasteiger charge is -2.22. The quantitative estimate of drug-likeness (QED) is 0.433. The molecule has 35 heavy (non-hydrogen) atoms. The number of carbonyl (C=O) groups excluding carboxylic acids is 3. The van der Waals surface area contributed by atoms with Crippen LogP contribution in [0.2, 0.25) is 0 Å². The van der Waals surface area contributed by atoms with Crippen molar-refractivity contribution in [2.75, 3.05) is 20.4 Å². The van der Waals surface area contributed by atoms with E-state index in [4.69, 9.17) is 14.2 Å². The van der Waals surface area contributed by atoms with E-state index < -0.39 is 17.5 Å². The Balaban J connectivity index is 1.39. The van der Waals surface area contributed by atoms with Gasteiger partial charge >= 0.3 is 6.03 Å². The van der Waals surface area contributed by atoms with Gasteiger partial charge in [0.2, 0.25) is 6.79 Å². The van der Waals surface area contributed by atoms with Crippen molar-refractivity contribution in [3.05, 3.63) is 71.0 Å². The molecular weight excluding hydrogens is 450 g/mol. The van der Waals surface area contributed by atoms with E-state index in [1.807, 2.05) is 42.7 Å². The van der Waals surface area contributed by atoms with Crippen molar-refractivity contribution in [3.8, 4) is 22.9 Å². The zero-order chi connectivity index (χ0) is 24.9. The third-order valence-electron chi connectivity index (χ3n) is 6.59. The molecule has 0 aliphatic carbocycles. The number of hydrogen-bond acceptors (Lipinski definition) is 6. The Morgan fingerprint density at radius 2 is 1.77 bits per heavy atom. The molecular formula is C26H25N3O6. The Labute approximate surface area is 202 Å². The molecule has 1 aromatic heterocycles. The molecule has 3 amide bonds. The first-order valence-corrected chi connectivity index (χ1v) is 11.1. The van der Waals surface area contributed by atoms with Gasteiger partial charge in [0.25, 0.3) is 5.91 Å². The Bertz CT molecular complexity index is 1360. The minimum absolute atomic E-state index is 0.103. The number of Topliss-reactive ketones (excluding diaryl/α,β-unsaturated/α-hetero) is 1. The monoisotopic (exact) mass is 475 g/mol. The number of ether oxygens (including phenoxy) is 3. The van der Waals surface area contributed by atoms with Crippen molar-refractivity contribution in [1.82, 2.24) is 14.8 Å². The van der Waals surface area contributed by atoms with Crippen molar-refractivity contribution in [3.63, 3.8) is 0 Å². The standard InChI is InChI=1S/C26H25N3O6/c1-15-11-20(16(2)29(15)18-6-8-19(33-4)9-7-18)21(30)13-28-24(31)26(3,27-25(28)32)17-5-10-22-23(12-17)35-14-34-22/h5-12H,13-14H2,1-4H3,(H,27,32)/t26-/m0/s1. The Morgan fingerprint density at radius 3 is 2.49 bits per heavy atom. The van der Waals surface area contributed by atoms with Crippen molar-refractivity contribution < 1.29 is 28.6 Å². The van der Waals surface area contributed by atoms with E-state index in [0.717, 1.165) is 27.7 Å². The van der Waals surface area contributed by atoms with Gasteiger partial charge in [-0.05, 0) is 68.8 Å². The summed E-state index contributed by atoms with van der Waals surface area (Å²) in [6.45, 7) is 5.10. The molecule has 5 rings (SSSR count). The van der Waals surface area contributed by atoms with E-state index in [-0.39, 0.29) is 19.1 Å². The predicted octanol–water partition coefficient (Wildman–Crippen LogP) is 3.48. The number of rotatable bonds is 6. The van der Waals surface area contributed by atoms with Crippen LogP contribution in [0.4, 0.5) is 4.79 Å². The molecule has 2 aliphatic heterocycles. The van der Waals surface area contributed by atoms with Crippen LogP contribution in [0.15, 0.2) is 48.5 Å². The third kappa shape index (κ3) is 3.60.